The zero-order valence-corrected chi connectivity index (χ0v) is 12.8. The molecule has 1 saturated heterocycles. The lowest BCUT2D eigenvalue weighted by Gasteiger charge is -2.32. The molecule has 0 radical (unpaired) electrons. The highest BCUT2D eigenvalue weighted by Crippen LogP contribution is 2.14. The number of rotatable bonds is 8. The van der Waals surface area contributed by atoms with Crippen LogP contribution >= 0.6 is 0 Å². The van der Waals surface area contributed by atoms with Crippen molar-refractivity contribution in [2.45, 2.75) is 45.3 Å². The summed E-state index contributed by atoms with van der Waals surface area (Å²) in [5.41, 5.74) is 0. The number of aliphatic carboxylic acids is 1. The standard InChI is InChI=1S/C14H26N2O5/c1-3-20-11(2)10-15-14(19)16-7-4-12(5-8-16)21-9-6-13(17)18/h11-12H,3-10H2,1-2H3,(H,15,19)(H,17,18). The average Bonchev–Trinajstić information content (AvgIpc) is 2.45. The van der Waals surface area contributed by atoms with Crippen molar-refractivity contribution < 1.29 is 24.2 Å². The number of hydrogen-bond acceptors (Lipinski definition) is 4. The van der Waals surface area contributed by atoms with Gasteiger partial charge in [-0.3, -0.25) is 4.79 Å². The molecule has 2 amide bonds. The van der Waals surface area contributed by atoms with E-state index in [0.29, 0.717) is 26.2 Å². The highest BCUT2D eigenvalue weighted by atomic mass is 16.5. The first-order chi connectivity index (χ1) is 10.0. The summed E-state index contributed by atoms with van der Waals surface area (Å²) in [7, 11) is 0. The third kappa shape index (κ3) is 7.29. The third-order valence-corrected chi connectivity index (χ3v) is 3.39. The molecule has 1 fully saturated rings. The minimum Gasteiger partial charge on any atom is -0.481 e. The molecule has 0 saturated carbocycles. The molecule has 1 aliphatic heterocycles. The summed E-state index contributed by atoms with van der Waals surface area (Å²) >= 11 is 0. The number of piperidine rings is 1. The van der Waals surface area contributed by atoms with Gasteiger partial charge in [0.2, 0.25) is 0 Å². The molecule has 122 valence electrons. The quantitative estimate of drug-likeness (QED) is 0.700. The van der Waals surface area contributed by atoms with Crippen LogP contribution in [0.2, 0.25) is 0 Å². The smallest absolute Gasteiger partial charge is 0.317 e. The van der Waals surface area contributed by atoms with Crippen LogP contribution in [-0.2, 0) is 14.3 Å². The van der Waals surface area contributed by atoms with Gasteiger partial charge in [-0.25, -0.2) is 4.79 Å². The van der Waals surface area contributed by atoms with E-state index in [1.807, 2.05) is 13.8 Å². The van der Waals surface area contributed by atoms with E-state index in [9.17, 15) is 9.59 Å². The molecule has 0 aromatic rings. The molecule has 1 aliphatic rings. The Morgan fingerprint density at radius 3 is 2.62 bits per heavy atom. The van der Waals surface area contributed by atoms with Crippen molar-refractivity contribution in [2.75, 3.05) is 32.8 Å². The van der Waals surface area contributed by atoms with Gasteiger partial charge < -0.3 is 24.8 Å². The van der Waals surface area contributed by atoms with E-state index in [4.69, 9.17) is 14.6 Å². The zero-order valence-electron chi connectivity index (χ0n) is 12.8. The van der Waals surface area contributed by atoms with Crippen LogP contribution in [0.15, 0.2) is 0 Å². The number of nitrogens with zero attached hydrogens (tertiary/aromatic N) is 1. The number of carboxylic acids is 1. The molecular weight excluding hydrogens is 276 g/mol. The Balaban J connectivity index is 2.16. The predicted octanol–water partition coefficient (Wildman–Crippen LogP) is 1.08. The number of carboxylic acid groups (broad SMARTS) is 1. The second kappa shape index (κ2) is 9.57. The van der Waals surface area contributed by atoms with Crippen molar-refractivity contribution in [1.82, 2.24) is 10.2 Å². The molecule has 1 atom stereocenters. The van der Waals surface area contributed by atoms with Crippen molar-refractivity contribution in [3.8, 4) is 0 Å². The first-order valence-electron chi connectivity index (χ1n) is 7.50. The maximum absolute atomic E-state index is 12.0. The maximum atomic E-state index is 12.0. The van der Waals surface area contributed by atoms with Gasteiger partial charge >= 0.3 is 12.0 Å². The van der Waals surface area contributed by atoms with Crippen LogP contribution in [-0.4, -0.2) is 67.1 Å². The predicted molar refractivity (Wildman–Crippen MR) is 77.3 cm³/mol. The largest absolute Gasteiger partial charge is 0.481 e. The molecule has 1 unspecified atom stereocenters. The third-order valence-electron chi connectivity index (χ3n) is 3.39. The Morgan fingerprint density at radius 1 is 1.38 bits per heavy atom. The summed E-state index contributed by atoms with van der Waals surface area (Å²) in [6.07, 6.45) is 1.57. The molecule has 21 heavy (non-hydrogen) atoms. The van der Waals surface area contributed by atoms with E-state index in [0.717, 1.165) is 12.8 Å². The highest BCUT2D eigenvalue weighted by Gasteiger charge is 2.23. The second-order valence-electron chi connectivity index (χ2n) is 5.15. The lowest BCUT2D eigenvalue weighted by molar-refractivity contribution is -0.138. The van der Waals surface area contributed by atoms with Crippen molar-refractivity contribution >= 4 is 12.0 Å². The summed E-state index contributed by atoms with van der Waals surface area (Å²) in [5.74, 6) is -0.852. The fraction of sp³-hybridized carbons (Fsp3) is 0.857. The van der Waals surface area contributed by atoms with E-state index >= 15 is 0 Å². The van der Waals surface area contributed by atoms with Gasteiger partial charge in [-0.15, -0.1) is 0 Å². The van der Waals surface area contributed by atoms with Crippen molar-refractivity contribution in [1.29, 1.82) is 0 Å². The van der Waals surface area contributed by atoms with Crippen LogP contribution in [0.1, 0.15) is 33.1 Å². The number of urea groups is 1. The summed E-state index contributed by atoms with van der Waals surface area (Å²) in [6, 6.07) is -0.0782. The van der Waals surface area contributed by atoms with Crippen LogP contribution in [0.5, 0.6) is 0 Å². The SMILES string of the molecule is CCOC(C)CNC(=O)N1CCC(OCCC(=O)O)CC1. The lowest BCUT2D eigenvalue weighted by Crippen LogP contribution is -2.47. The maximum Gasteiger partial charge on any atom is 0.317 e. The van der Waals surface area contributed by atoms with Crippen LogP contribution in [0.3, 0.4) is 0 Å². The number of carbonyl (C=O) groups is 2. The van der Waals surface area contributed by atoms with Gasteiger partial charge in [-0.05, 0) is 26.7 Å². The number of nitrogens with one attached hydrogen (secondary N) is 1. The first-order valence-corrected chi connectivity index (χ1v) is 7.50. The average molecular weight is 302 g/mol. The van der Waals surface area contributed by atoms with Gasteiger partial charge in [0, 0.05) is 26.2 Å². The summed E-state index contributed by atoms with van der Waals surface area (Å²) in [4.78, 5) is 24.1. The van der Waals surface area contributed by atoms with Gasteiger partial charge in [-0.2, -0.15) is 0 Å². The number of amides is 2. The van der Waals surface area contributed by atoms with Crippen LogP contribution in [0, 0.1) is 0 Å². The minimum absolute atomic E-state index is 0.0100. The van der Waals surface area contributed by atoms with Crippen molar-refractivity contribution in [2.24, 2.45) is 0 Å². The molecule has 0 spiro atoms. The monoisotopic (exact) mass is 302 g/mol. The Kier molecular flexibility index (Phi) is 8.07. The van der Waals surface area contributed by atoms with E-state index < -0.39 is 5.97 Å². The van der Waals surface area contributed by atoms with E-state index in [1.165, 1.54) is 0 Å². The second-order valence-corrected chi connectivity index (χ2v) is 5.15. The fourth-order valence-electron chi connectivity index (χ4n) is 2.22. The normalized spacial score (nSPS) is 17.5. The molecule has 2 N–H and O–H groups in total. The van der Waals surface area contributed by atoms with Gasteiger partial charge in [0.1, 0.15) is 0 Å². The Hall–Kier alpha value is -1.34. The summed E-state index contributed by atoms with van der Waals surface area (Å²) in [5, 5.41) is 11.4. The Morgan fingerprint density at radius 2 is 2.05 bits per heavy atom. The molecule has 7 nitrogen and oxygen atoms in total. The van der Waals surface area contributed by atoms with E-state index in [2.05, 4.69) is 5.32 Å². The molecule has 1 rings (SSSR count). The topological polar surface area (TPSA) is 88.1 Å². The molecule has 0 aromatic carbocycles. The highest BCUT2D eigenvalue weighted by molar-refractivity contribution is 5.74. The molecule has 7 heteroatoms. The molecule has 1 heterocycles. The zero-order chi connectivity index (χ0) is 15.7. The Bertz CT molecular complexity index is 329. The number of carbonyl (C=O) groups excluding carboxylic acids is 1. The first kappa shape index (κ1) is 17.7. The van der Waals surface area contributed by atoms with Gasteiger partial charge in [0.15, 0.2) is 0 Å². The van der Waals surface area contributed by atoms with Gasteiger partial charge in [0.05, 0.1) is 25.2 Å². The molecule has 0 aromatic heterocycles. The van der Waals surface area contributed by atoms with Crippen LogP contribution in [0.25, 0.3) is 0 Å². The van der Waals surface area contributed by atoms with E-state index in [1.54, 1.807) is 4.90 Å². The van der Waals surface area contributed by atoms with E-state index in [-0.39, 0.29) is 31.3 Å². The number of likely N-dealkylation sites (tertiary alicyclic amines) is 1. The molecule has 0 bridgehead atoms. The number of ether oxygens (including phenoxy) is 2. The van der Waals surface area contributed by atoms with Gasteiger partial charge in [-0.1, -0.05) is 0 Å². The van der Waals surface area contributed by atoms with Crippen LogP contribution in [0.4, 0.5) is 4.79 Å². The Labute approximate surface area is 125 Å². The summed E-state index contributed by atoms with van der Waals surface area (Å²) in [6.45, 7) is 6.48. The molecular formula is C14H26N2O5. The summed E-state index contributed by atoms with van der Waals surface area (Å²) < 4.78 is 10.9. The molecule has 0 aliphatic carbocycles. The van der Waals surface area contributed by atoms with Crippen LogP contribution < -0.4 is 5.32 Å². The minimum atomic E-state index is -0.852. The van der Waals surface area contributed by atoms with Gasteiger partial charge in [0.25, 0.3) is 0 Å². The fourth-order valence-corrected chi connectivity index (χ4v) is 2.22. The van der Waals surface area contributed by atoms with Crippen molar-refractivity contribution in [3.63, 3.8) is 0 Å². The lowest BCUT2D eigenvalue weighted by atomic mass is 10.1. The number of hydrogen-bond donors (Lipinski definition) is 2. The van der Waals surface area contributed by atoms with Crippen molar-refractivity contribution in [3.05, 3.63) is 0 Å².